The Kier molecular flexibility index (Phi) is 8.35. The Labute approximate surface area is 191 Å². The molecule has 0 unspecified atom stereocenters. The molecule has 1 aliphatic carbocycles. The Morgan fingerprint density at radius 3 is 2.62 bits per heavy atom. The minimum atomic E-state index is -0.378. The van der Waals surface area contributed by atoms with Crippen molar-refractivity contribution < 1.29 is 14.6 Å². The first kappa shape index (κ1) is 23.0. The van der Waals surface area contributed by atoms with Crippen molar-refractivity contribution in [1.29, 1.82) is 0 Å². The summed E-state index contributed by atoms with van der Waals surface area (Å²) in [4.78, 5) is 0. The summed E-state index contributed by atoms with van der Waals surface area (Å²) in [6.07, 6.45) is 10.1. The quantitative estimate of drug-likeness (QED) is 0.597. The molecular weight excluding hydrogens is 402 g/mol. The van der Waals surface area contributed by atoms with E-state index < -0.39 is 0 Å². The van der Waals surface area contributed by atoms with Gasteiger partial charge in [0.05, 0.1) is 24.5 Å². The van der Waals surface area contributed by atoms with Crippen LogP contribution in [0.4, 0.5) is 0 Å². The molecule has 2 aliphatic rings. The van der Waals surface area contributed by atoms with Crippen LogP contribution in [0.3, 0.4) is 0 Å². The van der Waals surface area contributed by atoms with Gasteiger partial charge in [-0.05, 0) is 69.2 Å². The SMILES string of the molecule is CCCCc1nnc(OC[C@H]2CCNC[C@H]2O)cc1-c1ccc(OC2CCCCC2)cc1. The van der Waals surface area contributed by atoms with E-state index in [1.807, 2.05) is 6.07 Å². The molecule has 0 spiro atoms. The van der Waals surface area contributed by atoms with Gasteiger partial charge in [-0.15, -0.1) is 5.10 Å². The smallest absolute Gasteiger partial charge is 0.234 e. The fourth-order valence-electron chi connectivity index (χ4n) is 4.62. The number of aliphatic hydroxyl groups excluding tert-OH is 1. The van der Waals surface area contributed by atoms with Crippen molar-refractivity contribution in [2.45, 2.75) is 76.9 Å². The normalized spacial score (nSPS) is 21.9. The number of hydrogen-bond acceptors (Lipinski definition) is 6. The third kappa shape index (κ3) is 6.20. The van der Waals surface area contributed by atoms with E-state index in [0.717, 1.165) is 67.6 Å². The Hall–Kier alpha value is -2.18. The van der Waals surface area contributed by atoms with Crippen LogP contribution in [-0.4, -0.2) is 47.2 Å². The van der Waals surface area contributed by atoms with Crippen LogP contribution in [0.15, 0.2) is 30.3 Å². The van der Waals surface area contributed by atoms with Gasteiger partial charge in [0.1, 0.15) is 5.75 Å². The van der Waals surface area contributed by atoms with E-state index >= 15 is 0 Å². The van der Waals surface area contributed by atoms with Crippen LogP contribution in [-0.2, 0) is 6.42 Å². The summed E-state index contributed by atoms with van der Waals surface area (Å²) in [6.45, 7) is 4.18. The van der Waals surface area contributed by atoms with Gasteiger partial charge in [0.25, 0.3) is 0 Å². The van der Waals surface area contributed by atoms with Gasteiger partial charge in [-0.3, -0.25) is 0 Å². The van der Waals surface area contributed by atoms with E-state index in [-0.39, 0.29) is 12.0 Å². The summed E-state index contributed by atoms with van der Waals surface area (Å²) in [5.74, 6) is 1.58. The fourth-order valence-corrected chi connectivity index (χ4v) is 4.62. The molecule has 32 heavy (non-hydrogen) atoms. The van der Waals surface area contributed by atoms with Crippen LogP contribution in [0.1, 0.15) is 64.0 Å². The van der Waals surface area contributed by atoms with Crippen LogP contribution in [0.25, 0.3) is 11.1 Å². The molecule has 2 atom stereocenters. The zero-order valence-corrected chi connectivity index (χ0v) is 19.3. The number of aliphatic hydroxyl groups is 1. The molecule has 0 bridgehead atoms. The van der Waals surface area contributed by atoms with E-state index in [1.165, 1.54) is 19.3 Å². The van der Waals surface area contributed by atoms with Crippen LogP contribution < -0.4 is 14.8 Å². The van der Waals surface area contributed by atoms with E-state index in [1.54, 1.807) is 0 Å². The van der Waals surface area contributed by atoms with E-state index in [0.29, 0.717) is 25.1 Å². The molecule has 174 valence electrons. The fraction of sp³-hybridized carbons (Fsp3) is 0.615. The van der Waals surface area contributed by atoms with Crippen molar-refractivity contribution in [3.63, 3.8) is 0 Å². The monoisotopic (exact) mass is 439 g/mol. The van der Waals surface area contributed by atoms with Gasteiger partial charge in [0.2, 0.25) is 5.88 Å². The van der Waals surface area contributed by atoms with Crippen LogP contribution >= 0.6 is 0 Å². The Morgan fingerprint density at radius 2 is 1.88 bits per heavy atom. The van der Waals surface area contributed by atoms with Gasteiger partial charge in [-0.2, -0.15) is 5.10 Å². The molecule has 6 heteroatoms. The summed E-state index contributed by atoms with van der Waals surface area (Å²) < 4.78 is 12.2. The number of nitrogens with one attached hydrogen (secondary N) is 1. The molecular formula is C26H37N3O3. The highest BCUT2D eigenvalue weighted by molar-refractivity contribution is 5.67. The van der Waals surface area contributed by atoms with Gasteiger partial charge in [-0.25, -0.2) is 0 Å². The van der Waals surface area contributed by atoms with E-state index in [9.17, 15) is 5.11 Å². The zero-order chi connectivity index (χ0) is 22.2. The van der Waals surface area contributed by atoms with Crippen molar-refractivity contribution in [3.8, 4) is 22.8 Å². The Bertz CT molecular complexity index is 837. The Balaban J connectivity index is 1.47. The summed E-state index contributed by atoms with van der Waals surface area (Å²) in [5, 5.41) is 22.2. The minimum Gasteiger partial charge on any atom is -0.490 e. The summed E-state index contributed by atoms with van der Waals surface area (Å²) >= 11 is 0. The van der Waals surface area contributed by atoms with E-state index in [2.05, 4.69) is 46.7 Å². The highest BCUT2D eigenvalue weighted by Crippen LogP contribution is 2.30. The average molecular weight is 440 g/mol. The van der Waals surface area contributed by atoms with Crippen molar-refractivity contribution in [2.75, 3.05) is 19.7 Å². The first-order valence-corrected chi connectivity index (χ1v) is 12.4. The largest absolute Gasteiger partial charge is 0.490 e. The molecule has 1 saturated heterocycles. The highest BCUT2D eigenvalue weighted by atomic mass is 16.5. The van der Waals surface area contributed by atoms with Gasteiger partial charge < -0.3 is 19.9 Å². The van der Waals surface area contributed by atoms with E-state index in [4.69, 9.17) is 9.47 Å². The second-order valence-electron chi connectivity index (χ2n) is 9.18. The molecule has 1 saturated carbocycles. The topological polar surface area (TPSA) is 76.5 Å². The van der Waals surface area contributed by atoms with Crippen molar-refractivity contribution in [1.82, 2.24) is 15.5 Å². The Morgan fingerprint density at radius 1 is 1.06 bits per heavy atom. The second-order valence-corrected chi connectivity index (χ2v) is 9.18. The molecule has 2 N–H and O–H groups in total. The van der Waals surface area contributed by atoms with Crippen LogP contribution in [0.5, 0.6) is 11.6 Å². The molecule has 0 radical (unpaired) electrons. The molecule has 4 rings (SSSR count). The maximum absolute atomic E-state index is 10.2. The van der Waals surface area contributed by atoms with Gasteiger partial charge in [0, 0.05) is 24.1 Å². The lowest BCUT2D eigenvalue weighted by molar-refractivity contribution is 0.0512. The first-order chi connectivity index (χ1) is 15.7. The third-order valence-electron chi connectivity index (χ3n) is 6.67. The lowest BCUT2D eigenvalue weighted by atomic mass is 9.96. The second kappa shape index (κ2) is 11.6. The predicted octanol–water partition coefficient (Wildman–Crippen LogP) is 4.55. The summed E-state index contributed by atoms with van der Waals surface area (Å²) in [5.41, 5.74) is 3.18. The number of aryl methyl sites for hydroxylation is 1. The third-order valence-corrected chi connectivity index (χ3v) is 6.67. The molecule has 0 amide bonds. The highest BCUT2D eigenvalue weighted by Gasteiger charge is 2.24. The number of aromatic nitrogens is 2. The molecule has 2 fully saturated rings. The van der Waals surface area contributed by atoms with Gasteiger partial charge in [-0.1, -0.05) is 31.9 Å². The molecule has 6 nitrogen and oxygen atoms in total. The predicted molar refractivity (Wildman–Crippen MR) is 126 cm³/mol. The maximum Gasteiger partial charge on any atom is 0.234 e. The van der Waals surface area contributed by atoms with Crippen molar-refractivity contribution >= 4 is 0 Å². The number of nitrogens with zero attached hydrogens (tertiary/aromatic N) is 2. The number of piperidine rings is 1. The summed E-state index contributed by atoms with van der Waals surface area (Å²) in [7, 11) is 0. The molecule has 2 aromatic rings. The number of unbranched alkanes of at least 4 members (excludes halogenated alkanes) is 1. The first-order valence-electron chi connectivity index (χ1n) is 12.4. The zero-order valence-electron chi connectivity index (χ0n) is 19.3. The van der Waals surface area contributed by atoms with Crippen LogP contribution in [0, 0.1) is 5.92 Å². The molecule has 2 heterocycles. The van der Waals surface area contributed by atoms with Crippen molar-refractivity contribution in [3.05, 3.63) is 36.0 Å². The number of rotatable bonds is 9. The summed E-state index contributed by atoms with van der Waals surface area (Å²) in [6, 6.07) is 10.4. The molecule has 1 aliphatic heterocycles. The maximum atomic E-state index is 10.2. The standard InChI is InChI=1S/C26H37N3O3/c1-2-3-9-24-23(16-26(29-28-24)31-18-20-14-15-27-17-25(20)30)19-10-12-22(13-11-19)32-21-7-5-4-6-8-21/h10-13,16,20-21,25,27,30H,2-9,14-15,17-18H2,1H3/t20-,25-/m1/s1. The molecule has 1 aromatic carbocycles. The number of β-amino-alcohol motifs (C(OH)–C–C–N with tert-alkyl or cyclic N) is 1. The minimum absolute atomic E-state index is 0.123. The lowest BCUT2D eigenvalue weighted by Crippen LogP contribution is -2.42. The van der Waals surface area contributed by atoms with Gasteiger partial charge >= 0.3 is 0 Å². The molecule has 1 aromatic heterocycles. The van der Waals surface area contributed by atoms with Crippen molar-refractivity contribution in [2.24, 2.45) is 5.92 Å². The lowest BCUT2D eigenvalue weighted by Gasteiger charge is -2.27. The number of ether oxygens (including phenoxy) is 2. The average Bonchev–Trinajstić information content (AvgIpc) is 2.84. The number of hydrogen-bond donors (Lipinski definition) is 2. The van der Waals surface area contributed by atoms with Gasteiger partial charge in [0.15, 0.2) is 0 Å². The number of benzene rings is 1. The van der Waals surface area contributed by atoms with Crippen LogP contribution in [0.2, 0.25) is 0 Å².